The number of carbonyl (C=O) groups is 2. The molecule has 8 heteroatoms. The van der Waals surface area contributed by atoms with Crippen molar-refractivity contribution in [2.45, 2.75) is 6.54 Å². The molecule has 0 saturated carbocycles. The lowest BCUT2D eigenvalue weighted by molar-refractivity contribution is 0.0641. The van der Waals surface area contributed by atoms with Gasteiger partial charge in [-0.25, -0.2) is 0 Å². The SMILES string of the molecule is COc1ccc(C=NNC(=S)Nc2ccccc2)cc1CN1C(=O)c2ccccc2C1=O. The molecule has 4 rings (SSSR count). The predicted octanol–water partition coefficient (Wildman–Crippen LogP) is 3.81. The van der Waals surface area contributed by atoms with E-state index in [-0.39, 0.29) is 18.4 Å². The minimum absolute atomic E-state index is 0.0958. The van der Waals surface area contributed by atoms with Crippen molar-refractivity contribution in [1.82, 2.24) is 10.3 Å². The van der Waals surface area contributed by atoms with Gasteiger partial charge in [-0.15, -0.1) is 0 Å². The topological polar surface area (TPSA) is 83.0 Å². The molecule has 2 N–H and O–H groups in total. The highest BCUT2D eigenvalue weighted by Gasteiger charge is 2.35. The second-order valence-corrected chi connectivity index (χ2v) is 7.41. The van der Waals surface area contributed by atoms with E-state index in [0.29, 0.717) is 27.6 Å². The second-order valence-electron chi connectivity index (χ2n) is 7.00. The Morgan fingerprint density at radius 2 is 1.66 bits per heavy atom. The minimum atomic E-state index is -0.314. The molecule has 1 heterocycles. The highest BCUT2D eigenvalue weighted by molar-refractivity contribution is 7.80. The van der Waals surface area contributed by atoms with Crippen LogP contribution in [0.3, 0.4) is 0 Å². The molecule has 3 aromatic carbocycles. The maximum Gasteiger partial charge on any atom is 0.261 e. The van der Waals surface area contributed by atoms with Crippen LogP contribution < -0.4 is 15.5 Å². The number of fused-ring (bicyclic) bond motifs is 1. The third-order valence-corrected chi connectivity index (χ3v) is 5.12. The lowest BCUT2D eigenvalue weighted by Crippen LogP contribution is -2.29. The molecule has 0 unspecified atom stereocenters. The van der Waals surface area contributed by atoms with Gasteiger partial charge in [0.05, 0.1) is 31.0 Å². The molecular formula is C24H20N4O3S. The van der Waals surface area contributed by atoms with Gasteiger partial charge in [-0.1, -0.05) is 30.3 Å². The van der Waals surface area contributed by atoms with Crippen molar-refractivity contribution in [3.63, 3.8) is 0 Å². The number of benzene rings is 3. The van der Waals surface area contributed by atoms with E-state index in [1.165, 1.54) is 4.90 Å². The van der Waals surface area contributed by atoms with Gasteiger partial charge >= 0.3 is 0 Å². The summed E-state index contributed by atoms with van der Waals surface area (Å²) in [7, 11) is 1.55. The maximum atomic E-state index is 12.7. The van der Waals surface area contributed by atoms with Crippen molar-refractivity contribution < 1.29 is 14.3 Å². The molecule has 32 heavy (non-hydrogen) atoms. The molecule has 7 nitrogen and oxygen atoms in total. The van der Waals surface area contributed by atoms with Crippen LogP contribution in [-0.4, -0.2) is 35.2 Å². The summed E-state index contributed by atoms with van der Waals surface area (Å²) in [6.45, 7) is 0.0958. The third-order valence-electron chi connectivity index (χ3n) is 4.92. The summed E-state index contributed by atoms with van der Waals surface area (Å²) in [4.78, 5) is 26.6. The lowest BCUT2D eigenvalue weighted by Gasteiger charge is -2.16. The number of para-hydroxylation sites is 1. The van der Waals surface area contributed by atoms with E-state index < -0.39 is 0 Å². The molecule has 0 saturated heterocycles. The zero-order chi connectivity index (χ0) is 22.5. The molecule has 0 bridgehead atoms. The van der Waals surface area contributed by atoms with Crippen molar-refractivity contribution >= 4 is 41.0 Å². The smallest absolute Gasteiger partial charge is 0.261 e. The Balaban J connectivity index is 1.46. The number of methoxy groups -OCH3 is 1. The van der Waals surface area contributed by atoms with Crippen LogP contribution in [0.2, 0.25) is 0 Å². The van der Waals surface area contributed by atoms with Crippen molar-refractivity contribution in [3.8, 4) is 5.75 Å². The molecule has 0 fully saturated rings. The average molecular weight is 445 g/mol. The van der Waals surface area contributed by atoms with Crippen LogP contribution in [0.15, 0.2) is 77.9 Å². The fraction of sp³-hybridized carbons (Fsp3) is 0.0833. The molecular weight excluding hydrogens is 424 g/mol. The number of carbonyl (C=O) groups excluding carboxylic acids is 2. The van der Waals surface area contributed by atoms with Crippen LogP contribution in [0.4, 0.5) is 5.69 Å². The fourth-order valence-corrected chi connectivity index (χ4v) is 3.57. The number of ether oxygens (including phenoxy) is 1. The first-order valence-electron chi connectivity index (χ1n) is 9.84. The summed E-state index contributed by atoms with van der Waals surface area (Å²) in [6.07, 6.45) is 1.60. The van der Waals surface area contributed by atoms with Gasteiger partial charge in [-0.05, 0) is 60.2 Å². The molecule has 160 valence electrons. The monoisotopic (exact) mass is 444 g/mol. The first kappa shape index (κ1) is 21.2. The molecule has 1 aliphatic rings. The Hall–Kier alpha value is -4.04. The number of amides is 2. The number of anilines is 1. The Morgan fingerprint density at radius 3 is 2.31 bits per heavy atom. The van der Waals surface area contributed by atoms with Crippen molar-refractivity contribution in [1.29, 1.82) is 0 Å². The Morgan fingerprint density at radius 1 is 1.00 bits per heavy atom. The summed E-state index contributed by atoms with van der Waals surface area (Å²) < 4.78 is 5.43. The van der Waals surface area contributed by atoms with E-state index >= 15 is 0 Å². The van der Waals surface area contributed by atoms with Crippen LogP contribution in [0.1, 0.15) is 31.8 Å². The van der Waals surface area contributed by atoms with Gasteiger partial charge in [-0.2, -0.15) is 5.10 Å². The third kappa shape index (κ3) is 4.50. The second kappa shape index (κ2) is 9.40. The van der Waals surface area contributed by atoms with Crippen molar-refractivity contribution in [2.24, 2.45) is 5.10 Å². The summed E-state index contributed by atoms with van der Waals surface area (Å²) >= 11 is 5.23. The molecule has 2 amide bonds. The Kier molecular flexibility index (Phi) is 6.23. The number of nitrogens with one attached hydrogen (secondary N) is 2. The van der Waals surface area contributed by atoms with Crippen LogP contribution in [0.25, 0.3) is 0 Å². The number of thiocarbonyl (C=S) groups is 1. The lowest BCUT2D eigenvalue weighted by atomic mass is 10.1. The first-order chi connectivity index (χ1) is 15.6. The number of imide groups is 1. The largest absolute Gasteiger partial charge is 0.496 e. The summed E-state index contributed by atoms with van der Waals surface area (Å²) in [6, 6.07) is 21.7. The zero-order valence-electron chi connectivity index (χ0n) is 17.2. The molecule has 1 aliphatic heterocycles. The van der Waals surface area contributed by atoms with Crippen LogP contribution >= 0.6 is 12.2 Å². The van der Waals surface area contributed by atoms with E-state index in [0.717, 1.165) is 11.3 Å². The quantitative estimate of drug-likeness (QED) is 0.260. The number of hydrogen-bond acceptors (Lipinski definition) is 5. The van der Waals surface area contributed by atoms with Gasteiger partial charge in [0.2, 0.25) is 0 Å². The molecule has 3 aromatic rings. The van der Waals surface area contributed by atoms with Crippen LogP contribution in [0, 0.1) is 0 Å². The molecule has 0 radical (unpaired) electrons. The zero-order valence-corrected chi connectivity index (χ0v) is 18.1. The molecule has 0 atom stereocenters. The summed E-state index contributed by atoms with van der Waals surface area (Å²) in [5.41, 5.74) is 5.90. The summed E-state index contributed by atoms with van der Waals surface area (Å²) in [5.74, 6) is -0.0515. The first-order valence-corrected chi connectivity index (χ1v) is 10.2. The van der Waals surface area contributed by atoms with Crippen LogP contribution in [0.5, 0.6) is 5.75 Å². The minimum Gasteiger partial charge on any atom is -0.496 e. The number of rotatable bonds is 6. The predicted molar refractivity (Wildman–Crippen MR) is 127 cm³/mol. The van der Waals surface area contributed by atoms with Gasteiger partial charge in [0.1, 0.15) is 5.75 Å². The average Bonchev–Trinajstić information content (AvgIpc) is 3.05. The van der Waals surface area contributed by atoms with E-state index in [9.17, 15) is 9.59 Å². The molecule has 0 spiro atoms. The Bertz CT molecular complexity index is 1180. The van der Waals surface area contributed by atoms with Gasteiger partial charge in [-0.3, -0.25) is 19.9 Å². The Labute approximate surface area is 190 Å². The fourth-order valence-electron chi connectivity index (χ4n) is 3.40. The summed E-state index contributed by atoms with van der Waals surface area (Å²) in [5, 5.41) is 7.54. The van der Waals surface area contributed by atoms with Crippen molar-refractivity contribution in [2.75, 3.05) is 12.4 Å². The molecule has 0 aliphatic carbocycles. The number of hydrogen-bond donors (Lipinski definition) is 2. The van der Waals surface area contributed by atoms with Gasteiger partial charge in [0.15, 0.2) is 5.11 Å². The van der Waals surface area contributed by atoms with E-state index in [2.05, 4.69) is 15.8 Å². The van der Waals surface area contributed by atoms with Gasteiger partial charge in [0.25, 0.3) is 11.8 Å². The maximum absolute atomic E-state index is 12.7. The molecule has 0 aromatic heterocycles. The normalized spacial score (nSPS) is 12.7. The van der Waals surface area contributed by atoms with E-state index in [1.54, 1.807) is 43.7 Å². The standard InChI is InChI=1S/C24H20N4O3S/c1-31-21-12-11-16(14-25-27-24(32)26-18-7-3-2-4-8-18)13-17(21)15-28-22(29)19-9-5-6-10-20(19)23(28)30/h2-14H,15H2,1H3,(H2,26,27,32). The van der Waals surface area contributed by atoms with Crippen LogP contribution in [-0.2, 0) is 6.54 Å². The van der Waals surface area contributed by atoms with E-state index in [1.807, 2.05) is 42.5 Å². The number of hydrazone groups is 1. The van der Waals surface area contributed by atoms with Crippen molar-refractivity contribution in [3.05, 3.63) is 95.1 Å². The highest BCUT2D eigenvalue weighted by atomic mass is 32.1. The van der Waals surface area contributed by atoms with Gasteiger partial charge in [0, 0.05) is 11.3 Å². The number of nitrogens with zero attached hydrogens (tertiary/aromatic N) is 2. The van der Waals surface area contributed by atoms with Gasteiger partial charge < -0.3 is 10.1 Å². The highest BCUT2D eigenvalue weighted by Crippen LogP contribution is 2.27. The van der Waals surface area contributed by atoms with E-state index in [4.69, 9.17) is 17.0 Å².